The van der Waals surface area contributed by atoms with Gasteiger partial charge in [0, 0.05) is 29.1 Å². The van der Waals surface area contributed by atoms with Gasteiger partial charge in [0.15, 0.2) is 11.6 Å². The van der Waals surface area contributed by atoms with Gasteiger partial charge in [0.05, 0.1) is 12.1 Å². The maximum absolute atomic E-state index is 6.54. The molecule has 0 radical (unpaired) electrons. The highest BCUT2D eigenvalue weighted by molar-refractivity contribution is 6.31. The van der Waals surface area contributed by atoms with Gasteiger partial charge >= 0.3 is 0 Å². The van der Waals surface area contributed by atoms with Gasteiger partial charge in [0.1, 0.15) is 0 Å². The molecule has 1 N–H and O–H groups in total. The van der Waals surface area contributed by atoms with E-state index in [2.05, 4.69) is 27.3 Å². The van der Waals surface area contributed by atoms with E-state index in [4.69, 9.17) is 21.1 Å². The molecule has 3 aromatic rings. The molecule has 4 rings (SSSR count). The van der Waals surface area contributed by atoms with Crippen molar-refractivity contribution >= 4 is 23.1 Å². The number of nitrogens with zero attached hydrogens (tertiary/aromatic N) is 4. The first kappa shape index (κ1) is 16.0. The van der Waals surface area contributed by atoms with Crippen molar-refractivity contribution in [1.29, 1.82) is 0 Å². The second-order valence-corrected chi connectivity index (χ2v) is 6.58. The Labute approximate surface area is 150 Å². The van der Waals surface area contributed by atoms with Gasteiger partial charge in [-0.2, -0.15) is 10.1 Å². The Hall–Kier alpha value is -2.47. The smallest absolute Gasteiger partial charge is 0.223 e. The molecule has 25 heavy (non-hydrogen) atoms. The number of aromatic nitrogens is 4. The number of halogens is 1. The van der Waals surface area contributed by atoms with Gasteiger partial charge in [-0.25, -0.2) is 4.99 Å². The zero-order valence-corrected chi connectivity index (χ0v) is 14.8. The molecule has 0 saturated heterocycles. The lowest BCUT2D eigenvalue weighted by Crippen LogP contribution is -2.25. The summed E-state index contributed by atoms with van der Waals surface area (Å²) < 4.78 is 5.26. The van der Waals surface area contributed by atoms with Crippen molar-refractivity contribution in [3.63, 3.8) is 0 Å². The first-order chi connectivity index (χ1) is 12.2. The largest absolute Gasteiger partial charge is 0.340 e. The fraction of sp³-hybridized carbons (Fsp3) is 0.333. The Morgan fingerprint density at radius 1 is 1.20 bits per heavy atom. The summed E-state index contributed by atoms with van der Waals surface area (Å²) in [6, 6.07) is 7.86. The second kappa shape index (κ2) is 6.44. The first-order valence-corrected chi connectivity index (χ1v) is 8.72. The minimum absolute atomic E-state index is 0.0569. The highest BCUT2D eigenvalue weighted by atomic mass is 35.5. The average Bonchev–Trinajstić information content (AvgIpc) is 3.23. The Morgan fingerprint density at radius 3 is 2.76 bits per heavy atom. The van der Waals surface area contributed by atoms with Gasteiger partial charge in [0.25, 0.3) is 0 Å². The van der Waals surface area contributed by atoms with Crippen LogP contribution in [-0.2, 0) is 0 Å². The molecule has 3 heterocycles. The SMILES string of the molecule is CCCC1=Nc2[nH]ncc2C(c2ccccc2Cl)C1c1noc(C)n1. The molecule has 1 aromatic carbocycles. The van der Waals surface area contributed by atoms with Crippen LogP contribution in [0.2, 0.25) is 5.02 Å². The van der Waals surface area contributed by atoms with E-state index in [1.807, 2.05) is 30.5 Å². The van der Waals surface area contributed by atoms with E-state index in [0.29, 0.717) is 16.7 Å². The molecule has 0 saturated carbocycles. The van der Waals surface area contributed by atoms with Crippen LogP contribution in [0.5, 0.6) is 0 Å². The molecule has 0 fully saturated rings. The molecule has 6 nitrogen and oxygen atoms in total. The van der Waals surface area contributed by atoms with E-state index in [0.717, 1.165) is 35.5 Å². The third kappa shape index (κ3) is 2.76. The first-order valence-electron chi connectivity index (χ1n) is 8.34. The maximum atomic E-state index is 6.54. The molecule has 1 aliphatic rings. The summed E-state index contributed by atoms with van der Waals surface area (Å²) in [6.07, 6.45) is 3.64. The standard InChI is InChI=1S/C18H18ClN5O/c1-3-6-14-16(18-21-10(2)25-24-18)15(11-7-4-5-8-13(11)19)12-9-20-23-17(12)22-14/h4-5,7-9,15-16H,3,6H2,1-2H3,(H,20,23). The van der Waals surface area contributed by atoms with Gasteiger partial charge in [-0.3, -0.25) is 5.10 Å². The molecule has 0 aliphatic carbocycles. The number of benzene rings is 1. The van der Waals surface area contributed by atoms with E-state index in [1.54, 1.807) is 6.92 Å². The van der Waals surface area contributed by atoms with Gasteiger partial charge in [-0.1, -0.05) is 48.3 Å². The minimum atomic E-state index is -0.123. The Morgan fingerprint density at radius 2 is 2.04 bits per heavy atom. The molecular formula is C18H18ClN5O. The van der Waals surface area contributed by atoms with Crippen LogP contribution in [-0.4, -0.2) is 26.0 Å². The number of hydrogen-bond donors (Lipinski definition) is 1. The number of rotatable bonds is 4. The molecule has 128 valence electrons. The Balaban J connectivity index is 1.94. The second-order valence-electron chi connectivity index (χ2n) is 6.18. The molecule has 0 spiro atoms. The molecule has 0 bridgehead atoms. The van der Waals surface area contributed by atoms with Crippen molar-refractivity contribution in [3.8, 4) is 0 Å². The van der Waals surface area contributed by atoms with Crippen LogP contribution in [0, 0.1) is 6.92 Å². The van der Waals surface area contributed by atoms with Crippen LogP contribution < -0.4 is 0 Å². The monoisotopic (exact) mass is 355 g/mol. The highest BCUT2D eigenvalue weighted by Crippen LogP contribution is 2.47. The van der Waals surface area contributed by atoms with Crippen LogP contribution in [0.25, 0.3) is 0 Å². The van der Waals surface area contributed by atoms with Crippen LogP contribution in [0.3, 0.4) is 0 Å². The summed E-state index contributed by atoms with van der Waals surface area (Å²) in [5.74, 6) is 1.79. The van der Waals surface area contributed by atoms with Gasteiger partial charge in [-0.05, 0) is 18.1 Å². The van der Waals surface area contributed by atoms with Gasteiger partial charge < -0.3 is 4.52 Å². The molecule has 2 atom stereocenters. The number of hydrogen-bond acceptors (Lipinski definition) is 5. The van der Waals surface area contributed by atoms with Crippen LogP contribution in [0.4, 0.5) is 5.82 Å². The normalized spacial score (nSPS) is 19.6. The van der Waals surface area contributed by atoms with Crippen molar-refractivity contribution in [2.75, 3.05) is 0 Å². The summed E-state index contributed by atoms with van der Waals surface area (Å²) in [7, 11) is 0. The lowest BCUT2D eigenvalue weighted by Gasteiger charge is -2.30. The number of aliphatic imine (C=N–C) groups is 1. The highest BCUT2D eigenvalue weighted by Gasteiger charge is 2.39. The fourth-order valence-corrected chi connectivity index (χ4v) is 3.73. The number of nitrogens with one attached hydrogen (secondary N) is 1. The van der Waals surface area contributed by atoms with Crippen LogP contribution in [0.15, 0.2) is 40.0 Å². The third-order valence-corrected chi connectivity index (χ3v) is 4.84. The zero-order chi connectivity index (χ0) is 17.4. The lowest BCUT2D eigenvalue weighted by atomic mass is 9.76. The van der Waals surface area contributed by atoms with Gasteiger partial charge in [-0.15, -0.1) is 0 Å². The summed E-state index contributed by atoms with van der Waals surface area (Å²) in [5.41, 5.74) is 3.04. The topological polar surface area (TPSA) is 80.0 Å². The predicted octanol–water partition coefficient (Wildman–Crippen LogP) is 4.56. The maximum Gasteiger partial charge on any atom is 0.223 e. The fourth-order valence-electron chi connectivity index (χ4n) is 3.47. The number of H-pyrrole nitrogens is 1. The number of fused-ring (bicyclic) bond motifs is 1. The summed E-state index contributed by atoms with van der Waals surface area (Å²) in [4.78, 5) is 9.30. The van der Waals surface area contributed by atoms with Crippen LogP contribution >= 0.6 is 11.6 Å². The van der Waals surface area contributed by atoms with Crippen molar-refractivity contribution in [2.45, 2.75) is 38.5 Å². The minimum Gasteiger partial charge on any atom is -0.340 e. The Kier molecular flexibility index (Phi) is 4.13. The lowest BCUT2D eigenvalue weighted by molar-refractivity contribution is 0.385. The Bertz CT molecular complexity index is 929. The third-order valence-electron chi connectivity index (χ3n) is 4.50. The van der Waals surface area contributed by atoms with Crippen molar-refractivity contribution in [2.24, 2.45) is 4.99 Å². The number of aryl methyl sites for hydroxylation is 1. The van der Waals surface area contributed by atoms with Crippen molar-refractivity contribution in [1.82, 2.24) is 20.3 Å². The van der Waals surface area contributed by atoms with E-state index in [9.17, 15) is 0 Å². The molecule has 1 aliphatic heterocycles. The quantitative estimate of drug-likeness (QED) is 0.744. The molecule has 7 heteroatoms. The van der Waals surface area contributed by atoms with Crippen LogP contribution in [0.1, 0.15) is 54.4 Å². The molecule has 2 aromatic heterocycles. The predicted molar refractivity (Wildman–Crippen MR) is 95.7 cm³/mol. The summed E-state index contributed by atoms with van der Waals surface area (Å²) in [5, 5.41) is 12.1. The van der Waals surface area contributed by atoms with Crippen molar-refractivity contribution in [3.05, 3.63) is 58.3 Å². The molecule has 2 unspecified atom stereocenters. The van der Waals surface area contributed by atoms with Crippen molar-refractivity contribution < 1.29 is 4.52 Å². The molecule has 0 amide bonds. The van der Waals surface area contributed by atoms with E-state index in [1.165, 1.54) is 0 Å². The van der Waals surface area contributed by atoms with Gasteiger partial charge in [0.2, 0.25) is 5.89 Å². The van der Waals surface area contributed by atoms with E-state index in [-0.39, 0.29) is 11.8 Å². The molecular weight excluding hydrogens is 338 g/mol. The zero-order valence-electron chi connectivity index (χ0n) is 14.0. The van der Waals surface area contributed by atoms with E-state index >= 15 is 0 Å². The summed E-state index contributed by atoms with van der Waals surface area (Å²) in [6.45, 7) is 3.93. The number of aromatic amines is 1. The average molecular weight is 356 g/mol. The summed E-state index contributed by atoms with van der Waals surface area (Å²) >= 11 is 6.54. The van der Waals surface area contributed by atoms with E-state index < -0.39 is 0 Å².